The van der Waals surface area contributed by atoms with Crippen molar-refractivity contribution in [2.75, 3.05) is 0 Å². The molecule has 0 bridgehead atoms. The lowest BCUT2D eigenvalue weighted by atomic mass is 10.1. The Balaban J connectivity index is 2.48. The van der Waals surface area contributed by atoms with E-state index in [1.807, 2.05) is 32.0 Å². The van der Waals surface area contributed by atoms with Crippen molar-refractivity contribution in [3.8, 4) is 5.69 Å². The highest BCUT2D eigenvalue weighted by Gasteiger charge is 2.11. The zero-order valence-electron chi connectivity index (χ0n) is 10.8. The molecule has 0 atom stereocenters. The lowest BCUT2D eigenvalue weighted by molar-refractivity contribution is -0.136. The normalized spacial score (nSPS) is 10.6. The topological polar surface area (TPSA) is 55.1 Å². The molecule has 0 radical (unpaired) electrons. The predicted molar refractivity (Wildman–Crippen MR) is 69.1 cm³/mol. The van der Waals surface area contributed by atoms with Gasteiger partial charge in [0, 0.05) is 5.69 Å². The van der Waals surface area contributed by atoms with E-state index in [9.17, 15) is 4.79 Å². The van der Waals surface area contributed by atoms with Crippen LogP contribution < -0.4 is 0 Å². The van der Waals surface area contributed by atoms with E-state index >= 15 is 0 Å². The number of hydrogen-bond donors (Lipinski definition) is 1. The van der Waals surface area contributed by atoms with Gasteiger partial charge in [0.15, 0.2) is 0 Å². The molecule has 18 heavy (non-hydrogen) atoms. The molecule has 0 saturated heterocycles. The van der Waals surface area contributed by atoms with Crippen LogP contribution in [0.5, 0.6) is 0 Å². The Morgan fingerprint density at radius 2 is 2.06 bits per heavy atom. The first kappa shape index (κ1) is 12.4. The monoisotopic (exact) mass is 244 g/mol. The van der Waals surface area contributed by atoms with Crippen LogP contribution in [0.25, 0.3) is 5.69 Å². The Bertz CT molecular complexity index is 600. The fraction of sp³-hybridized carbons (Fsp3) is 0.286. The summed E-state index contributed by atoms with van der Waals surface area (Å²) < 4.78 is 1.81. The molecule has 0 unspecified atom stereocenters. The van der Waals surface area contributed by atoms with Crippen LogP contribution in [-0.4, -0.2) is 20.9 Å². The Kier molecular flexibility index (Phi) is 3.19. The second-order valence-electron chi connectivity index (χ2n) is 4.48. The minimum atomic E-state index is -0.861. The fourth-order valence-electron chi connectivity index (χ4n) is 1.99. The zero-order chi connectivity index (χ0) is 13.3. The van der Waals surface area contributed by atoms with E-state index in [2.05, 4.69) is 18.1 Å². The van der Waals surface area contributed by atoms with E-state index < -0.39 is 5.97 Å². The summed E-state index contributed by atoms with van der Waals surface area (Å²) in [5.74, 6) is -0.861. The Hall–Kier alpha value is -2.10. The highest BCUT2D eigenvalue weighted by atomic mass is 16.4. The molecular formula is C14H16N2O2. The van der Waals surface area contributed by atoms with Crippen molar-refractivity contribution < 1.29 is 9.90 Å². The smallest absolute Gasteiger partial charge is 0.309 e. The van der Waals surface area contributed by atoms with E-state index in [0.29, 0.717) is 5.69 Å². The molecule has 1 aromatic carbocycles. The SMILES string of the molecule is Cc1cccc(-n2nc(CC(=O)O)cc2C)c1C. The first-order chi connectivity index (χ1) is 8.49. The van der Waals surface area contributed by atoms with Gasteiger partial charge < -0.3 is 5.11 Å². The van der Waals surface area contributed by atoms with Crippen molar-refractivity contribution in [3.05, 3.63) is 46.8 Å². The molecule has 1 aromatic heterocycles. The number of benzene rings is 1. The molecule has 0 aliphatic heterocycles. The average molecular weight is 244 g/mol. The van der Waals surface area contributed by atoms with Crippen molar-refractivity contribution in [2.24, 2.45) is 0 Å². The fourth-order valence-corrected chi connectivity index (χ4v) is 1.99. The second kappa shape index (κ2) is 4.64. The number of aliphatic carboxylic acids is 1. The van der Waals surface area contributed by atoms with Gasteiger partial charge in [-0.25, -0.2) is 4.68 Å². The molecule has 4 nitrogen and oxygen atoms in total. The summed E-state index contributed by atoms with van der Waals surface area (Å²) >= 11 is 0. The van der Waals surface area contributed by atoms with E-state index in [0.717, 1.165) is 16.9 Å². The highest BCUT2D eigenvalue weighted by molar-refractivity contribution is 5.69. The van der Waals surface area contributed by atoms with Gasteiger partial charge in [-0.3, -0.25) is 4.79 Å². The van der Waals surface area contributed by atoms with Gasteiger partial charge in [-0.15, -0.1) is 0 Å². The number of aryl methyl sites for hydroxylation is 2. The number of carbonyl (C=O) groups is 1. The molecule has 1 N–H and O–H groups in total. The number of rotatable bonds is 3. The predicted octanol–water partition coefficient (Wildman–Crippen LogP) is 2.42. The summed E-state index contributed by atoms with van der Waals surface area (Å²) in [6.45, 7) is 6.03. The molecule has 2 rings (SSSR count). The van der Waals surface area contributed by atoms with Crippen LogP contribution in [0.1, 0.15) is 22.5 Å². The van der Waals surface area contributed by atoms with Crippen molar-refractivity contribution >= 4 is 5.97 Å². The van der Waals surface area contributed by atoms with E-state index in [1.54, 1.807) is 4.68 Å². The summed E-state index contributed by atoms with van der Waals surface area (Å²) in [6.07, 6.45) is -0.0430. The minimum Gasteiger partial charge on any atom is -0.481 e. The van der Waals surface area contributed by atoms with Crippen LogP contribution in [-0.2, 0) is 11.2 Å². The Labute approximate surface area is 106 Å². The van der Waals surface area contributed by atoms with Crippen LogP contribution in [0.2, 0.25) is 0 Å². The lowest BCUT2D eigenvalue weighted by Crippen LogP contribution is -2.05. The quantitative estimate of drug-likeness (QED) is 0.902. The van der Waals surface area contributed by atoms with Crippen molar-refractivity contribution in [1.29, 1.82) is 0 Å². The maximum atomic E-state index is 10.7. The molecule has 4 heteroatoms. The first-order valence-corrected chi connectivity index (χ1v) is 5.83. The number of carboxylic acids is 1. The number of hydrogen-bond acceptors (Lipinski definition) is 2. The molecule has 0 aliphatic carbocycles. The summed E-state index contributed by atoms with van der Waals surface area (Å²) in [4.78, 5) is 10.7. The average Bonchev–Trinajstić information content (AvgIpc) is 2.62. The van der Waals surface area contributed by atoms with Crippen LogP contribution in [0.15, 0.2) is 24.3 Å². The summed E-state index contributed by atoms with van der Waals surface area (Å²) in [7, 11) is 0. The van der Waals surface area contributed by atoms with Gasteiger partial charge in [-0.2, -0.15) is 5.10 Å². The van der Waals surface area contributed by atoms with Crippen LogP contribution in [0, 0.1) is 20.8 Å². The van der Waals surface area contributed by atoms with Gasteiger partial charge in [0.1, 0.15) is 0 Å². The van der Waals surface area contributed by atoms with Crippen LogP contribution >= 0.6 is 0 Å². The molecule has 0 amide bonds. The third-order valence-corrected chi connectivity index (χ3v) is 3.07. The van der Waals surface area contributed by atoms with Gasteiger partial charge in [-0.1, -0.05) is 12.1 Å². The van der Waals surface area contributed by atoms with Gasteiger partial charge in [-0.05, 0) is 44.0 Å². The molecule has 2 aromatic rings. The molecule has 0 saturated carbocycles. The number of aromatic nitrogens is 2. The maximum Gasteiger partial charge on any atom is 0.309 e. The van der Waals surface area contributed by atoms with Gasteiger partial charge in [0.25, 0.3) is 0 Å². The third kappa shape index (κ3) is 2.27. The first-order valence-electron chi connectivity index (χ1n) is 5.83. The summed E-state index contributed by atoms with van der Waals surface area (Å²) in [6, 6.07) is 7.84. The standard InChI is InChI=1S/C14H16N2O2/c1-9-5-4-6-13(11(9)3)16-10(2)7-12(15-16)8-14(17)18/h4-7H,8H2,1-3H3,(H,17,18). The molecular weight excluding hydrogens is 228 g/mol. The van der Waals surface area contributed by atoms with Gasteiger partial charge in [0.05, 0.1) is 17.8 Å². The second-order valence-corrected chi connectivity index (χ2v) is 4.48. The van der Waals surface area contributed by atoms with Crippen molar-refractivity contribution in [3.63, 3.8) is 0 Å². The lowest BCUT2D eigenvalue weighted by Gasteiger charge is -2.10. The largest absolute Gasteiger partial charge is 0.481 e. The Morgan fingerprint density at radius 3 is 2.72 bits per heavy atom. The molecule has 1 heterocycles. The number of carboxylic acid groups (broad SMARTS) is 1. The molecule has 94 valence electrons. The number of nitrogens with zero attached hydrogens (tertiary/aromatic N) is 2. The van der Waals surface area contributed by atoms with Crippen molar-refractivity contribution in [1.82, 2.24) is 9.78 Å². The summed E-state index contributed by atoms with van der Waals surface area (Å²) in [5, 5.41) is 13.1. The van der Waals surface area contributed by atoms with Crippen LogP contribution in [0.3, 0.4) is 0 Å². The third-order valence-electron chi connectivity index (χ3n) is 3.07. The summed E-state index contributed by atoms with van der Waals surface area (Å²) in [5.41, 5.74) is 4.89. The maximum absolute atomic E-state index is 10.7. The van der Waals surface area contributed by atoms with Crippen molar-refractivity contribution in [2.45, 2.75) is 27.2 Å². The highest BCUT2D eigenvalue weighted by Crippen LogP contribution is 2.19. The van der Waals surface area contributed by atoms with Crippen LogP contribution in [0.4, 0.5) is 0 Å². The van der Waals surface area contributed by atoms with Gasteiger partial charge in [0.2, 0.25) is 0 Å². The molecule has 0 fully saturated rings. The molecule has 0 aliphatic rings. The van der Waals surface area contributed by atoms with E-state index in [-0.39, 0.29) is 6.42 Å². The van der Waals surface area contributed by atoms with Gasteiger partial charge >= 0.3 is 5.97 Å². The Morgan fingerprint density at radius 1 is 1.33 bits per heavy atom. The van der Waals surface area contributed by atoms with E-state index in [1.165, 1.54) is 5.56 Å². The minimum absolute atomic E-state index is 0.0430. The zero-order valence-corrected chi connectivity index (χ0v) is 10.8. The molecule has 0 spiro atoms. The van der Waals surface area contributed by atoms with E-state index in [4.69, 9.17) is 5.11 Å².